The highest BCUT2D eigenvalue weighted by Gasteiger charge is 2.58. The zero-order chi connectivity index (χ0) is 38.6. The van der Waals surface area contributed by atoms with Gasteiger partial charge in [-0.2, -0.15) is 0 Å². The molecule has 0 aromatic rings. The Morgan fingerprint density at radius 3 is 2.58 bits per heavy atom. The van der Waals surface area contributed by atoms with Crippen LogP contribution in [0.1, 0.15) is 125 Å². The number of allylic oxidation sites excluding steroid dienone is 1. The van der Waals surface area contributed by atoms with Crippen molar-refractivity contribution in [2.75, 3.05) is 37.8 Å². The standard InChI is InChI=1S/C39H71N6O5PS2/c1-27(2)9-6-7-10-29-13-15-33-32-14-12-30-25-31(16-18-39(30,5)34(32)17-19-38(29,33)4)50-37(46)35(41)26-53-52-24-21-45-51(47,48-22-8-11-36(42)43)49-23-20-44-28(3)40/h12,27,29,31-35H,6-11,13-26,41H2,1-5H3,(H2,40,44)(H3,42,43)(H,45,47). The number of carbonyl (C=O) groups excluding carboxylic acids is 1. The lowest BCUT2D eigenvalue weighted by molar-refractivity contribution is -0.152. The molecule has 9 unspecified atom stereocenters. The van der Waals surface area contributed by atoms with Crippen LogP contribution in [0, 0.1) is 45.8 Å². The first-order valence-corrected chi connectivity index (χ1v) is 24.3. The van der Waals surface area contributed by atoms with E-state index in [0.717, 1.165) is 48.9 Å². The van der Waals surface area contributed by atoms with Crippen molar-refractivity contribution in [1.29, 1.82) is 5.41 Å². The summed E-state index contributed by atoms with van der Waals surface area (Å²) in [5.41, 5.74) is 19.5. The van der Waals surface area contributed by atoms with Crippen LogP contribution in [0.5, 0.6) is 0 Å². The van der Waals surface area contributed by atoms with Crippen molar-refractivity contribution >= 4 is 47.0 Å². The number of unbranched alkanes of at least 4 members (excludes halogenated alkanes) is 1. The Balaban J connectivity index is 1.18. The number of carbonyl (C=O) groups is 1. The average molecular weight is 799 g/mol. The predicted molar refractivity (Wildman–Crippen MR) is 222 cm³/mol. The number of ether oxygens (including phenoxy) is 1. The van der Waals surface area contributed by atoms with E-state index in [1.807, 2.05) is 0 Å². The van der Waals surface area contributed by atoms with Crippen molar-refractivity contribution in [1.82, 2.24) is 5.09 Å². The van der Waals surface area contributed by atoms with Gasteiger partial charge in [-0.3, -0.25) is 24.2 Å². The molecule has 3 fully saturated rings. The second-order valence-corrected chi connectivity index (χ2v) is 21.4. The third-order valence-electron chi connectivity index (χ3n) is 12.8. The number of esters is 1. The van der Waals surface area contributed by atoms with E-state index < -0.39 is 13.8 Å². The molecule has 0 aromatic heterocycles. The number of amidine groups is 2. The van der Waals surface area contributed by atoms with Gasteiger partial charge in [0.05, 0.1) is 31.4 Å². The Bertz CT molecular complexity index is 1320. The molecule has 0 saturated heterocycles. The molecule has 304 valence electrons. The number of aliphatic imine (C=N–C) groups is 1. The fourth-order valence-corrected chi connectivity index (χ4v) is 13.4. The van der Waals surface area contributed by atoms with Gasteiger partial charge in [0.1, 0.15) is 12.1 Å². The van der Waals surface area contributed by atoms with Crippen LogP contribution in [-0.2, 0) is 23.1 Å². The summed E-state index contributed by atoms with van der Waals surface area (Å²) in [6.07, 6.45) is 18.4. The van der Waals surface area contributed by atoms with Crippen molar-refractivity contribution in [3.05, 3.63) is 11.6 Å². The summed E-state index contributed by atoms with van der Waals surface area (Å²) in [4.78, 5) is 17.1. The van der Waals surface area contributed by atoms with E-state index in [1.165, 1.54) is 84.9 Å². The molecule has 3 saturated carbocycles. The van der Waals surface area contributed by atoms with E-state index in [0.29, 0.717) is 42.1 Å². The Morgan fingerprint density at radius 2 is 1.85 bits per heavy atom. The predicted octanol–water partition coefficient (Wildman–Crippen LogP) is 8.23. The summed E-state index contributed by atoms with van der Waals surface area (Å²) >= 11 is 0. The first kappa shape index (κ1) is 44.6. The number of nitrogens with two attached hydrogens (primary N) is 3. The lowest BCUT2D eigenvalue weighted by Crippen LogP contribution is -2.50. The van der Waals surface area contributed by atoms with Crippen LogP contribution in [0.4, 0.5) is 0 Å². The van der Waals surface area contributed by atoms with Crippen molar-refractivity contribution in [2.24, 2.45) is 62.6 Å². The Kier molecular flexibility index (Phi) is 17.6. The molecule has 0 heterocycles. The van der Waals surface area contributed by atoms with Gasteiger partial charge in [0, 0.05) is 30.9 Å². The van der Waals surface area contributed by atoms with Crippen LogP contribution in [0.25, 0.3) is 0 Å². The van der Waals surface area contributed by atoms with Gasteiger partial charge in [0.15, 0.2) is 0 Å². The van der Waals surface area contributed by atoms with Crippen molar-refractivity contribution in [2.45, 2.75) is 137 Å². The maximum absolute atomic E-state index is 13.2. The molecule has 11 nitrogen and oxygen atoms in total. The molecule has 4 rings (SSSR count). The number of nitrogens with one attached hydrogen (secondary N) is 2. The lowest BCUT2D eigenvalue weighted by atomic mass is 9.47. The van der Waals surface area contributed by atoms with Crippen LogP contribution in [0.15, 0.2) is 16.6 Å². The topological polar surface area (TPSA) is 188 Å². The molecule has 4 aliphatic rings. The molecule has 53 heavy (non-hydrogen) atoms. The fourth-order valence-electron chi connectivity index (χ4n) is 9.94. The molecule has 14 heteroatoms. The third kappa shape index (κ3) is 12.7. The largest absolute Gasteiger partial charge is 0.461 e. The molecule has 0 amide bonds. The van der Waals surface area contributed by atoms with E-state index in [2.05, 4.69) is 43.9 Å². The van der Waals surface area contributed by atoms with Gasteiger partial charge in [-0.25, -0.2) is 9.65 Å². The van der Waals surface area contributed by atoms with Gasteiger partial charge in [-0.05, 0) is 105 Å². The SMILES string of the molecule is CC(N)=NCCOP(=O)(NCCSSCC(N)C(=O)OC1CCC2(C)C(=CCC3C2CCC2(C)C(CCCCC(C)C)CCC32)C1)OCCCC(=N)N. The van der Waals surface area contributed by atoms with Gasteiger partial charge >= 0.3 is 13.7 Å². The highest BCUT2D eigenvalue weighted by molar-refractivity contribution is 8.76. The third-order valence-corrected chi connectivity index (χ3v) is 16.9. The fraction of sp³-hybridized carbons (Fsp3) is 0.872. The van der Waals surface area contributed by atoms with E-state index in [1.54, 1.807) is 6.92 Å². The number of rotatable bonds is 23. The zero-order valence-electron chi connectivity index (χ0n) is 33.2. The maximum Gasteiger partial charge on any atom is 0.405 e. The minimum absolute atomic E-state index is 0.0495. The van der Waals surface area contributed by atoms with Crippen LogP contribution < -0.4 is 22.3 Å². The highest BCUT2D eigenvalue weighted by atomic mass is 33.1. The monoisotopic (exact) mass is 798 g/mol. The summed E-state index contributed by atoms with van der Waals surface area (Å²) < 4.78 is 30.3. The van der Waals surface area contributed by atoms with Gasteiger partial charge in [0.2, 0.25) is 0 Å². The smallest absolute Gasteiger partial charge is 0.405 e. The Morgan fingerprint density at radius 1 is 1.08 bits per heavy atom. The number of nitrogens with zero attached hydrogens (tertiary/aromatic N) is 1. The van der Waals surface area contributed by atoms with E-state index in [9.17, 15) is 9.36 Å². The molecular weight excluding hydrogens is 728 g/mol. The minimum atomic E-state index is -3.58. The summed E-state index contributed by atoms with van der Waals surface area (Å²) in [6, 6.07) is -0.708. The van der Waals surface area contributed by atoms with Gasteiger partial charge in [-0.15, -0.1) is 0 Å². The average Bonchev–Trinajstić information content (AvgIpc) is 3.44. The summed E-state index contributed by atoms with van der Waals surface area (Å²) in [5, 5.41) is 10.2. The van der Waals surface area contributed by atoms with E-state index in [-0.39, 0.29) is 43.1 Å². The first-order chi connectivity index (χ1) is 25.2. The molecule has 0 aliphatic heterocycles. The van der Waals surface area contributed by atoms with Gasteiger partial charge in [0.25, 0.3) is 0 Å². The van der Waals surface area contributed by atoms with E-state index >= 15 is 0 Å². The Hall–Kier alpha value is -1.08. The summed E-state index contributed by atoms with van der Waals surface area (Å²) in [6.45, 7) is 12.4. The van der Waals surface area contributed by atoms with Crippen LogP contribution >= 0.6 is 29.3 Å². The maximum atomic E-state index is 13.2. The molecule has 0 bridgehead atoms. The number of fused-ring (bicyclic) bond motifs is 5. The molecule has 4 aliphatic carbocycles. The highest BCUT2D eigenvalue weighted by Crippen LogP contribution is 2.67. The Labute approximate surface area is 328 Å². The van der Waals surface area contributed by atoms with Gasteiger partial charge < -0.3 is 21.9 Å². The quantitative estimate of drug-likeness (QED) is 0.0127. The second kappa shape index (κ2) is 20.9. The first-order valence-electron chi connectivity index (χ1n) is 20.3. The van der Waals surface area contributed by atoms with E-state index in [4.69, 9.17) is 36.4 Å². The van der Waals surface area contributed by atoms with Crippen molar-refractivity contribution in [3.63, 3.8) is 0 Å². The van der Waals surface area contributed by atoms with Crippen LogP contribution in [-0.4, -0.2) is 67.6 Å². The lowest BCUT2D eigenvalue weighted by Gasteiger charge is -2.58. The normalized spacial score (nSPS) is 31.6. The molecule has 0 aromatic carbocycles. The van der Waals surface area contributed by atoms with Crippen molar-refractivity contribution in [3.8, 4) is 0 Å². The number of hydrogen-bond acceptors (Lipinski definition) is 10. The van der Waals surface area contributed by atoms with Crippen LogP contribution in [0.3, 0.4) is 0 Å². The van der Waals surface area contributed by atoms with Crippen molar-refractivity contribution < 1.29 is 23.1 Å². The number of hydrogen-bond donors (Lipinski definition) is 5. The van der Waals surface area contributed by atoms with Crippen LogP contribution in [0.2, 0.25) is 0 Å². The molecule has 0 radical (unpaired) electrons. The minimum Gasteiger partial charge on any atom is -0.461 e. The molecule has 8 N–H and O–H groups in total. The molecular formula is C39H71N6O5PS2. The summed E-state index contributed by atoms with van der Waals surface area (Å²) in [5.74, 6) is 5.26. The zero-order valence-corrected chi connectivity index (χ0v) is 35.8. The van der Waals surface area contributed by atoms with Gasteiger partial charge in [-0.1, -0.05) is 80.2 Å². The molecule has 9 atom stereocenters. The summed E-state index contributed by atoms with van der Waals surface area (Å²) in [7, 11) is -0.560. The molecule has 0 spiro atoms. The second-order valence-electron chi connectivity index (χ2n) is 17.0.